The largest absolute Gasteiger partial charge is 0.504 e. The second-order valence-electron chi connectivity index (χ2n) is 7.96. The minimum Gasteiger partial charge on any atom is -0.504 e. The van der Waals surface area contributed by atoms with Gasteiger partial charge in [-0.15, -0.1) is 0 Å². The number of phenols is 1. The lowest BCUT2D eigenvalue weighted by Gasteiger charge is -2.40. The first-order chi connectivity index (χ1) is 15.6. The molecule has 2 aromatic rings. The van der Waals surface area contributed by atoms with E-state index in [0.29, 0.717) is 5.39 Å². The second-order valence-corrected chi connectivity index (χ2v) is 7.96. The van der Waals surface area contributed by atoms with Crippen molar-refractivity contribution in [2.75, 3.05) is 19.8 Å². The van der Waals surface area contributed by atoms with E-state index in [9.17, 15) is 40.5 Å². The molecule has 2 saturated heterocycles. The number of phenolic OH excluding ortho intramolecular Hbond substituents is 1. The third-order valence-electron chi connectivity index (χ3n) is 5.62. The van der Waals surface area contributed by atoms with Gasteiger partial charge in [-0.2, -0.15) is 0 Å². The quantitative estimate of drug-likeness (QED) is 0.211. The van der Waals surface area contributed by atoms with E-state index in [4.69, 9.17) is 23.4 Å². The molecule has 182 valence electrons. The molecule has 2 fully saturated rings. The molecule has 2 aliphatic rings. The zero-order chi connectivity index (χ0) is 23.9. The molecule has 0 bridgehead atoms. The topological polar surface area (TPSA) is 209 Å². The minimum atomic E-state index is -1.92. The lowest BCUT2D eigenvalue weighted by molar-refractivity contribution is -0.289. The Morgan fingerprint density at radius 2 is 1.82 bits per heavy atom. The van der Waals surface area contributed by atoms with Crippen molar-refractivity contribution in [3.63, 3.8) is 0 Å². The Hall–Kier alpha value is -2.33. The average Bonchev–Trinajstić information content (AvgIpc) is 3.08. The highest BCUT2D eigenvalue weighted by Gasteiger charge is 2.50. The summed E-state index contributed by atoms with van der Waals surface area (Å²) in [5.74, 6) is -0.599. The summed E-state index contributed by atoms with van der Waals surface area (Å²) in [6.07, 6.45) is -10.9. The van der Waals surface area contributed by atoms with Gasteiger partial charge in [0.05, 0.1) is 19.8 Å². The van der Waals surface area contributed by atoms with Gasteiger partial charge in [-0.05, 0) is 12.1 Å². The molecule has 13 heteroatoms. The van der Waals surface area contributed by atoms with Crippen LogP contribution in [0.25, 0.3) is 11.0 Å². The van der Waals surface area contributed by atoms with Gasteiger partial charge < -0.3 is 59.1 Å². The monoisotopic (exact) mass is 472 g/mol. The third kappa shape index (κ3) is 4.55. The van der Waals surface area contributed by atoms with Crippen LogP contribution in [0.5, 0.6) is 11.5 Å². The van der Waals surface area contributed by atoms with Gasteiger partial charge in [-0.3, -0.25) is 0 Å². The highest BCUT2D eigenvalue weighted by Crippen LogP contribution is 2.34. The number of aromatic hydroxyl groups is 1. The van der Waals surface area contributed by atoms with E-state index in [2.05, 4.69) is 0 Å². The molecule has 2 aliphatic heterocycles. The fourth-order valence-electron chi connectivity index (χ4n) is 3.58. The number of aliphatic hydroxyl groups is 6. The van der Waals surface area contributed by atoms with Crippen molar-refractivity contribution in [3.8, 4) is 11.5 Å². The fourth-order valence-corrected chi connectivity index (χ4v) is 3.58. The first-order valence-corrected chi connectivity index (χ1v) is 10.0. The maximum atomic E-state index is 11.4. The molecule has 4 rings (SSSR count). The normalized spacial score (nSPS) is 36.8. The maximum Gasteiger partial charge on any atom is 0.336 e. The Labute approximate surface area is 185 Å². The number of fused-ring (bicyclic) bond motifs is 1. The summed E-state index contributed by atoms with van der Waals surface area (Å²) in [6.45, 7) is -1.63. The maximum absolute atomic E-state index is 11.4. The average molecular weight is 472 g/mol. The SMILES string of the molecule is O=c1ccc2cc(O)c(O[C@H]3O[C@@H](CO[C@@H]4OC[C@@](O)(CO)[C@@H]4O)[C@H](O)[C@H](O)[C@@H]3O)cc2o1. The van der Waals surface area contributed by atoms with Gasteiger partial charge in [-0.25, -0.2) is 4.79 Å². The van der Waals surface area contributed by atoms with Crippen LogP contribution in [0, 0.1) is 0 Å². The lowest BCUT2D eigenvalue weighted by atomic mass is 9.99. The van der Waals surface area contributed by atoms with E-state index in [1.54, 1.807) is 0 Å². The molecule has 0 saturated carbocycles. The van der Waals surface area contributed by atoms with E-state index >= 15 is 0 Å². The van der Waals surface area contributed by atoms with Crippen LogP contribution in [0.2, 0.25) is 0 Å². The second kappa shape index (κ2) is 9.13. The van der Waals surface area contributed by atoms with Crippen LogP contribution >= 0.6 is 0 Å². The predicted molar refractivity (Wildman–Crippen MR) is 105 cm³/mol. The Morgan fingerprint density at radius 3 is 2.52 bits per heavy atom. The van der Waals surface area contributed by atoms with Crippen molar-refractivity contribution in [3.05, 3.63) is 34.7 Å². The number of rotatable bonds is 6. The summed E-state index contributed by atoms with van der Waals surface area (Å²) in [5.41, 5.74) is -2.46. The van der Waals surface area contributed by atoms with Gasteiger partial charge in [0.2, 0.25) is 6.29 Å². The molecule has 7 N–H and O–H groups in total. The number of aliphatic hydroxyl groups excluding tert-OH is 5. The zero-order valence-electron chi connectivity index (χ0n) is 17.1. The molecule has 0 spiro atoms. The van der Waals surface area contributed by atoms with Crippen molar-refractivity contribution in [2.45, 2.75) is 48.7 Å². The van der Waals surface area contributed by atoms with Crippen LogP contribution in [0.1, 0.15) is 0 Å². The molecule has 3 heterocycles. The summed E-state index contributed by atoms with van der Waals surface area (Å²) in [4.78, 5) is 11.4. The molecule has 0 radical (unpaired) electrons. The van der Waals surface area contributed by atoms with Crippen molar-refractivity contribution in [1.82, 2.24) is 0 Å². The molecule has 13 nitrogen and oxygen atoms in total. The van der Waals surface area contributed by atoms with E-state index in [0.717, 1.165) is 0 Å². The molecule has 0 unspecified atom stereocenters. The number of hydrogen-bond donors (Lipinski definition) is 7. The van der Waals surface area contributed by atoms with Crippen molar-refractivity contribution in [1.29, 1.82) is 0 Å². The van der Waals surface area contributed by atoms with E-state index in [1.165, 1.54) is 24.3 Å². The summed E-state index contributed by atoms with van der Waals surface area (Å²) in [7, 11) is 0. The number of hydrogen-bond acceptors (Lipinski definition) is 13. The van der Waals surface area contributed by atoms with Crippen LogP contribution in [0.15, 0.2) is 33.5 Å². The molecule has 1 aromatic carbocycles. The lowest BCUT2D eigenvalue weighted by Crippen LogP contribution is -2.60. The van der Waals surface area contributed by atoms with Crippen molar-refractivity contribution in [2.24, 2.45) is 0 Å². The number of benzene rings is 1. The molecule has 0 aliphatic carbocycles. The highest BCUT2D eigenvalue weighted by atomic mass is 16.7. The van der Waals surface area contributed by atoms with Gasteiger partial charge in [0.25, 0.3) is 0 Å². The highest BCUT2D eigenvalue weighted by molar-refractivity contribution is 5.80. The molecular formula is C20H24O13. The summed E-state index contributed by atoms with van der Waals surface area (Å²) in [5, 5.41) is 70.6. The Bertz CT molecular complexity index is 1040. The molecule has 0 amide bonds. The summed E-state index contributed by atoms with van der Waals surface area (Å²) in [6, 6.07) is 5.06. The van der Waals surface area contributed by atoms with Gasteiger partial charge in [0, 0.05) is 17.5 Å². The summed E-state index contributed by atoms with van der Waals surface area (Å²) < 4.78 is 26.4. The number of ether oxygens (including phenoxy) is 4. The smallest absolute Gasteiger partial charge is 0.336 e. The van der Waals surface area contributed by atoms with Gasteiger partial charge >= 0.3 is 5.63 Å². The van der Waals surface area contributed by atoms with Crippen LogP contribution in [-0.2, 0) is 14.2 Å². The van der Waals surface area contributed by atoms with E-state index in [1.807, 2.05) is 0 Å². The Balaban J connectivity index is 1.47. The molecule has 33 heavy (non-hydrogen) atoms. The Morgan fingerprint density at radius 1 is 1.06 bits per heavy atom. The van der Waals surface area contributed by atoms with Gasteiger partial charge in [-0.1, -0.05) is 0 Å². The predicted octanol–water partition coefficient (Wildman–Crippen LogP) is -2.86. The first-order valence-electron chi connectivity index (χ1n) is 10.0. The van der Waals surface area contributed by atoms with E-state index < -0.39 is 74.1 Å². The van der Waals surface area contributed by atoms with Gasteiger partial charge in [0.15, 0.2) is 17.8 Å². The minimum absolute atomic E-state index is 0.0878. The molecular weight excluding hydrogens is 448 g/mol. The zero-order valence-corrected chi connectivity index (χ0v) is 17.1. The Kier molecular flexibility index (Phi) is 6.59. The van der Waals surface area contributed by atoms with Crippen molar-refractivity contribution < 1.29 is 59.1 Å². The van der Waals surface area contributed by atoms with E-state index in [-0.39, 0.29) is 17.1 Å². The van der Waals surface area contributed by atoms with Crippen LogP contribution in [0.4, 0.5) is 0 Å². The molecule has 8 atom stereocenters. The third-order valence-corrected chi connectivity index (χ3v) is 5.62. The fraction of sp³-hybridized carbons (Fsp3) is 0.550. The van der Waals surface area contributed by atoms with Crippen LogP contribution in [0.3, 0.4) is 0 Å². The molecule has 1 aromatic heterocycles. The first kappa shape index (κ1) is 23.8. The standard InChI is InChI=1S/C20H24O13/c21-6-20(28)7-30-19(17(20)27)29-5-12-14(24)15(25)16(26)18(33-12)32-11-4-10-8(3-9(11)22)1-2-13(23)31-10/h1-4,12,14-19,21-22,24-28H,5-7H2/t12-,14-,15-,16-,17+,18-,19+,20-/m0/s1. The van der Waals surface area contributed by atoms with Crippen molar-refractivity contribution >= 4 is 11.0 Å². The van der Waals surface area contributed by atoms with Gasteiger partial charge in [0.1, 0.15) is 41.7 Å². The van der Waals surface area contributed by atoms with Crippen LogP contribution < -0.4 is 10.4 Å². The summed E-state index contributed by atoms with van der Waals surface area (Å²) >= 11 is 0. The van der Waals surface area contributed by atoms with Crippen LogP contribution in [-0.4, -0.2) is 104 Å².